The third-order valence-corrected chi connectivity index (χ3v) is 2.35. The SMILES string of the molecule is CC(CO)NC(=O)C1=NOC(C(C)C)C1. The molecule has 0 spiro atoms. The molecule has 0 aliphatic carbocycles. The molecule has 1 heterocycles. The molecule has 0 aromatic heterocycles. The van der Waals surface area contributed by atoms with E-state index in [1.165, 1.54) is 0 Å². The van der Waals surface area contributed by atoms with Crippen LogP contribution in [0, 0.1) is 5.92 Å². The van der Waals surface area contributed by atoms with Gasteiger partial charge in [0.2, 0.25) is 0 Å². The zero-order chi connectivity index (χ0) is 11.4. The number of carbonyl (C=O) groups excluding carboxylic acids is 1. The summed E-state index contributed by atoms with van der Waals surface area (Å²) in [4.78, 5) is 16.7. The molecule has 2 unspecified atom stereocenters. The fourth-order valence-electron chi connectivity index (χ4n) is 1.24. The molecule has 2 N–H and O–H groups in total. The summed E-state index contributed by atoms with van der Waals surface area (Å²) in [6.07, 6.45) is 0.539. The van der Waals surface area contributed by atoms with E-state index >= 15 is 0 Å². The van der Waals surface area contributed by atoms with Crippen LogP contribution in [0.2, 0.25) is 0 Å². The number of aliphatic hydroxyl groups is 1. The zero-order valence-corrected chi connectivity index (χ0v) is 9.36. The molecule has 0 fully saturated rings. The van der Waals surface area contributed by atoms with Crippen LogP contribution in [0.4, 0.5) is 0 Å². The van der Waals surface area contributed by atoms with E-state index in [9.17, 15) is 4.79 Å². The van der Waals surface area contributed by atoms with Crippen molar-refractivity contribution in [2.75, 3.05) is 6.61 Å². The molecule has 0 saturated heterocycles. The maximum Gasteiger partial charge on any atom is 0.269 e. The Hall–Kier alpha value is -1.10. The Labute approximate surface area is 89.5 Å². The molecule has 15 heavy (non-hydrogen) atoms. The van der Waals surface area contributed by atoms with Crippen molar-refractivity contribution in [1.82, 2.24) is 5.32 Å². The molecule has 5 heteroatoms. The number of nitrogens with one attached hydrogen (secondary N) is 1. The zero-order valence-electron chi connectivity index (χ0n) is 9.36. The van der Waals surface area contributed by atoms with Crippen LogP contribution >= 0.6 is 0 Å². The maximum absolute atomic E-state index is 11.5. The number of hydrogen-bond donors (Lipinski definition) is 2. The highest BCUT2D eigenvalue weighted by Gasteiger charge is 2.28. The number of oxime groups is 1. The minimum absolute atomic E-state index is 0.00446. The van der Waals surface area contributed by atoms with E-state index in [4.69, 9.17) is 9.94 Å². The van der Waals surface area contributed by atoms with Gasteiger partial charge in [-0.3, -0.25) is 4.79 Å². The molecular weight excluding hydrogens is 196 g/mol. The first-order valence-corrected chi connectivity index (χ1v) is 5.19. The van der Waals surface area contributed by atoms with E-state index in [1.54, 1.807) is 6.92 Å². The van der Waals surface area contributed by atoms with E-state index in [0.29, 0.717) is 18.1 Å². The number of rotatable bonds is 4. The van der Waals surface area contributed by atoms with Crippen molar-refractivity contribution in [3.63, 3.8) is 0 Å². The second kappa shape index (κ2) is 5.11. The molecule has 0 aromatic carbocycles. The molecule has 86 valence electrons. The van der Waals surface area contributed by atoms with Crippen molar-refractivity contribution >= 4 is 11.6 Å². The summed E-state index contributed by atoms with van der Waals surface area (Å²) in [6.45, 7) is 5.70. The highest BCUT2D eigenvalue weighted by molar-refractivity contribution is 6.39. The van der Waals surface area contributed by atoms with Crippen molar-refractivity contribution < 1.29 is 14.7 Å². The van der Waals surface area contributed by atoms with Gasteiger partial charge < -0.3 is 15.3 Å². The van der Waals surface area contributed by atoms with Crippen molar-refractivity contribution in [3.05, 3.63) is 0 Å². The smallest absolute Gasteiger partial charge is 0.269 e. The van der Waals surface area contributed by atoms with Gasteiger partial charge in [-0.15, -0.1) is 0 Å². The quantitative estimate of drug-likeness (QED) is 0.706. The molecule has 1 amide bonds. The lowest BCUT2D eigenvalue weighted by Gasteiger charge is -2.11. The summed E-state index contributed by atoms with van der Waals surface area (Å²) in [6, 6.07) is -0.252. The first-order valence-electron chi connectivity index (χ1n) is 5.19. The van der Waals surface area contributed by atoms with Gasteiger partial charge in [0.25, 0.3) is 5.91 Å². The Kier molecular flexibility index (Phi) is 4.08. The Morgan fingerprint density at radius 2 is 2.33 bits per heavy atom. The van der Waals surface area contributed by atoms with Crippen LogP contribution in [0.15, 0.2) is 5.16 Å². The van der Waals surface area contributed by atoms with Crippen molar-refractivity contribution in [3.8, 4) is 0 Å². The molecule has 0 saturated carbocycles. The van der Waals surface area contributed by atoms with Crippen LogP contribution in [-0.2, 0) is 9.63 Å². The fourth-order valence-corrected chi connectivity index (χ4v) is 1.24. The summed E-state index contributed by atoms with van der Waals surface area (Å²) in [7, 11) is 0. The lowest BCUT2D eigenvalue weighted by Crippen LogP contribution is -2.39. The summed E-state index contributed by atoms with van der Waals surface area (Å²) >= 11 is 0. The highest BCUT2D eigenvalue weighted by atomic mass is 16.6. The third-order valence-electron chi connectivity index (χ3n) is 2.35. The Morgan fingerprint density at radius 1 is 1.67 bits per heavy atom. The molecule has 2 atom stereocenters. The van der Waals surface area contributed by atoms with Gasteiger partial charge in [-0.05, 0) is 12.8 Å². The van der Waals surface area contributed by atoms with E-state index in [2.05, 4.69) is 10.5 Å². The molecule has 1 aliphatic heterocycles. The maximum atomic E-state index is 11.5. The summed E-state index contributed by atoms with van der Waals surface area (Å²) in [5.41, 5.74) is 0.411. The molecular formula is C10H18N2O3. The average molecular weight is 214 g/mol. The highest BCUT2D eigenvalue weighted by Crippen LogP contribution is 2.18. The van der Waals surface area contributed by atoms with Crippen molar-refractivity contribution in [1.29, 1.82) is 0 Å². The molecule has 0 aromatic rings. The Bertz CT molecular complexity index is 263. The number of nitrogens with zero attached hydrogens (tertiary/aromatic N) is 1. The third kappa shape index (κ3) is 3.20. The lowest BCUT2D eigenvalue weighted by molar-refractivity contribution is -0.115. The molecule has 1 aliphatic rings. The predicted octanol–water partition coefficient (Wildman–Crippen LogP) is 0.284. The van der Waals surface area contributed by atoms with Gasteiger partial charge in [-0.25, -0.2) is 0 Å². The average Bonchev–Trinajstić information content (AvgIpc) is 2.66. The van der Waals surface area contributed by atoms with Crippen LogP contribution in [-0.4, -0.2) is 35.5 Å². The van der Waals surface area contributed by atoms with Crippen LogP contribution in [0.25, 0.3) is 0 Å². The topological polar surface area (TPSA) is 70.9 Å². The van der Waals surface area contributed by atoms with Gasteiger partial charge in [0.1, 0.15) is 11.8 Å². The van der Waals surface area contributed by atoms with E-state index in [-0.39, 0.29) is 24.7 Å². The van der Waals surface area contributed by atoms with Gasteiger partial charge in [-0.2, -0.15) is 0 Å². The van der Waals surface area contributed by atoms with Crippen LogP contribution in [0.5, 0.6) is 0 Å². The Morgan fingerprint density at radius 3 is 2.80 bits per heavy atom. The van der Waals surface area contributed by atoms with E-state index in [0.717, 1.165) is 0 Å². The van der Waals surface area contributed by atoms with Gasteiger partial charge in [0.05, 0.1) is 6.61 Å². The van der Waals surface area contributed by atoms with Crippen molar-refractivity contribution in [2.45, 2.75) is 39.3 Å². The van der Waals surface area contributed by atoms with Gasteiger partial charge in [0, 0.05) is 12.5 Å². The van der Waals surface area contributed by atoms with Crippen molar-refractivity contribution in [2.24, 2.45) is 11.1 Å². The first kappa shape index (κ1) is 12.0. The summed E-state index contributed by atoms with van der Waals surface area (Å²) in [5.74, 6) is 0.0917. The first-order chi connectivity index (χ1) is 7.04. The molecule has 5 nitrogen and oxygen atoms in total. The minimum Gasteiger partial charge on any atom is -0.394 e. The second-order valence-electron chi connectivity index (χ2n) is 4.19. The van der Waals surface area contributed by atoms with E-state index in [1.807, 2.05) is 13.8 Å². The summed E-state index contributed by atoms with van der Waals surface area (Å²) in [5, 5.41) is 15.2. The van der Waals surface area contributed by atoms with Crippen LogP contribution < -0.4 is 5.32 Å². The number of carbonyl (C=O) groups is 1. The second-order valence-corrected chi connectivity index (χ2v) is 4.19. The normalized spacial score (nSPS) is 22.2. The Balaban J connectivity index is 2.43. The summed E-state index contributed by atoms with van der Waals surface area (Å²) < 4.78 is 0. The molecule has 1 rings (SSSR count). The molecule has 0 bridgehead atoms. The van der Waals surface area contributed by atoms with Crippen LogP contribution in [0.1, 0.15) is 27.2 Å². The lowest BCUT2D eigenvalue weighted by atomic mass is 10.0. The number of aliphatic hydroxyl groups excluding tert-OH is 1. The van der Waals surface area contributed by atoms with Gasteiger partial charge in [-0.1, -0.05) is 19.0 Å². The van der Waals surface area contributed by atoms with Gasteiger partial charge in [0.15, 0.2) is 0 Å². The molecule has 0 radical (unpaired) electrons. The van der Waals surface area contributed by atoms with E-state index < -0.39 is 0 Å². The van der Waals surface area contributed by atoms with Gasteiger partial charge >= 0.3 is 0 Å². The number of amides is 1. The monoisotopic (exact) mass is 214 g/mol. The minimum atomic E-state index is -0.252. The largest absolute Gasteiger partial charge is 0.394 e. The van der Waals surface area contributed by atoms with Crippen LogP contribution in [0.3, 0.4) is 0 Å². The predicted molar refractivity (Wildman–Crippen MR) is 56.5 cm³/mol. The standard InChI is InChI=1S/C10H18N2O3/c1-6(2)9-4-8(12-15-9)10(14)11-7(3)5-13/h6-7,9,13H,4-5H2,1-3H3,(H,11,14). The fraction of sp³-hybridized carbons (Fsp3) is 0.800. The number of hydrogen-bond acceptors (Lipinski definition) is 4.